The number of rotatable bonds is 1. The molecular weight excluding hydrogens is 236 g/mol. The molecule has 0 unspecified atom stereocenters. The molecule has 1 aromatic carbocycles. The molecule has 0 spiro atoms. The quantitative estimate of drug-likeness (QED) is 0.818. The molecule has 4 heteroatoms. The van der Waals surface area contributed by atoms with Gasteiger partial charge in [0.15, 0.2) is 0 Å². The number of halogens is 1. The van der Waals surface area contributed by atoms with Gasteiger partial charge in [-0.15, -0.1) is 0 Å². The molecule has 0 saturated heterocycles. The summed E-state index contributed by atoms with van der Waals surface area (Å²) in [6.07, 6.45) is 0. The van der Waals surface area contributed by atoms with Crippen LogP contribution in [0.4, 0.5) is 5.69 Å². The van der Waals surface area contributed by atoms with Gasteiger partial charge in [-0.1, -0.05) is 11.6 Å². The van der Waals surface area contributed by atoms with E-state index in [-0.39, 0.29) is 0 Å². The number of aromatic nitrogens is 1. The monoisotopic (exact) mass is 250 g/mol. The van der Waals surface area contributed by atoms with Gasteiger partial charge >= 0.3 is 0 Å². The molecule has 2 aromatic rings. The Hall–Kier alpha value is -1.32. The molecule has 3 N–H and O–H groups in total. The van der Waals surface area contributed by atoms with Gasteiger partial charge in [0, 0.05) is 10.4 Å². The highest BCUT2D eigenvalue weighted by Crippen LogP contribution is 2.32. The molecule has 0 amide bonds. The zero-order valence-corrected chi connectivity index (χ0v) is 10.8. The van der Waals surface area contributed by atoms with E-state index in [2.05, 4.69) is 4.98 Å². The highest BCUT2D eigenvalue weighted by atomic mass is 35.5. The molecule has 0 aliphatic carbocycles. The Labute approximate surface area is 105 Å². The summed E-state index contributed by atoms with van der Waals surface area (Å²) in [5.41, 5.74) is 7.68. The highest BCUT2D eigenvalue weighted by Gasteiger charge is 2.23. The van der Waals surface area contributed by atoms with E-state index >= 15 is 0 Å². The molecule has 0 aliphatic rings. The topological polar surface area (TPSA) is 59.1 Å². The largest absolute Gasteiger partial charge is 0.397 e. The van der Waals surface area contributed by atoms with E-state index in [0.717, 1.165) is 16.5 Å². The maximum absolute atomic E-state index is 10.0. The van der Waals surface area contributed by atoms with Crippen LogP contribution in [0.2, 0.25) is 5.02 Å². The predicted molar refractivity (Wildman–Crippen MR) is 71.1 cm³/mol. The zero-order chi connectivity index (χ0) is 12.8. The van der Waals surface area contributed by atoms with Gasteiger partial charge in [-0.05, 0) is 44.5 Å². The molecule has 0 saturated carbocycles. The van der Waals surface area contributed by atoms with Gasteiger partial charge in [-0.2, -0.15) is 0 Å². The Morgan fingerprint density at radius 3 is 2.59 bits per heavy atom. The van der Waals surface area contributed by atoms with Crippen molar-refractivity contribution in [3.63, 3.8) is 0 Å². The number of fused-ring (bicyclic) bond motifs is 1. The molecule has 0 aliphatic heterocycles. The van der Waals surface area contributed by atoms with E-state index in [1.54, 1.807) is 19.9 Å². The maximum Gasteiger partial charge on any atom is 0.103 e. The summed E-state index contributed by atoms with van der Waals surface area (Å²) in [5, 5.41) is 11.6. The second-order valence-corrected chi connectivity index (χ2v) is 5.16. The summed E-state index contributed by atoms with van der Waals surface area (Å²) in [6, 6.07) is 5.45. The second-order valence-electron chi connectivity index (χ2n) is 4.72. The van der Waals surface area contributed by atoms with Gasteiger partial charge in [0.1, 0.15) is 5.60 Å². The number of hydrogen-bond acceptors (Lipinski definition) is 3. The molecule has 0 fully saturated rings. The van der Waals surface area contributed by atoms with Gasteiger partial charge < -0.3 is 10.8 Å². The van der Waals surface area contributed by atoms with E-state index < -0.39 is 5.60 Å². The lowest BCUT2D eigenvalue weighted by Crippen LogP contribution is -2.20. The van der Waals surface area contributed by atoms with E-state index in [1.165, 1.54) is 0 Å². The predicted octanol–water partition coefficient (Wildman–Crippen LogP) is 3.01. The minimum Gasteiger partial charge on any atom is -0.397 e. The number of nitrogens with zero attached hydrogens (tertiary/aromatic N) is 1. The standard InChI is InChI=1S/C13H15ClN2O/c1-7-9-6-8(14)4-5-10(9)16-12(11(7)15)13(2,3)17/h4-6,17H,15H2,1-3H3. The molecule has 1 aromatic heterocycles. The third-order valence-electron chi connectivity index (χ3n) is 2.83. The Bertz CT molecular complexity index is 588. The minimum atomic E-state index is -1.05. The fourth-order valence-electron chi connectivity index (χ4n) is 1.88. The molecule has 2 rings (SSSR count). The minimum absolute atomic E-state index is 0.504. The van der Waals surface area contributed by atoms with Crippen molar-refractivity contribution in [2.24, 2.45) is 0 Å². The lowest BCUT2D eigenvalue weighted by atomic mass is 9.98. The lowest BCUT2D eigenvalue weighted by molar-refractivity contribution is 0.0750. The fourth-order valence-corrected chi connectivity index (χ4v) is 2.05. The Morgan fingerprint density at radius 2 is 2.00 bits per heavy atom. The number of nitrogens with two attached hydrogens (primary N) is 1. The molecular formula is C13H15ClN2O. The van der Waals surface area contributed by atoms with E-state index in [4.69, 9.17) is 17.3 Å². The normalized spacial score (nSPS) is 12.1. The zero-order valence-electron chi connectivity index (χ0n) is 10.1. The van der Waals surface area contributed by atoms with Crippen molar-refractivity contribution in [3.05, 3.63) is 34.5 Å². The van der Waals surface area contributed by atoms with Crippen molar-refractivity contribution in [1.82, 2.24) is 4.98 Å². The van der Waals surface area contributed by atoms with Crippen LogP contribution in [0.25, 0.3) is 10.9 Å². The average molecular weight is 251 g/mol. The molecule has 0 atom stereocenters. The summed E-state index contributed by atoms with van der Waals surface area (Å²) in [5.74, 6) is 0. The van der Waals surface area contributed by atoms with E-state index in [9.17, 15) is 5.11 Å². The first-order valence-electron chi connectivity index (χ1n) is 5.39. The number of anilines is 1. The molecule has 0 bridgehead atoms. The number of hydrogen-bond donors (Lipinski definition) is 2. The van der Waals surface area contributed by atoms with Crippen molar-refractivity contribution in [1.29, 1.82) is 0 Å². The fraction of sp³-hybridized carbons (Fsp3) is 0.308. The summed E-state index contributed by atoms with van der Waals surface area (Å²) in [7, 11) is 0. The Kier molecular flexibility index (Phi) is 2.76. The van der Waals surface area contributed by atoms with E-state index in [1.807, 2.05) is 19.1 Å². The SMILES string of the molecule is Cc1c(N)c(C(C)(C)O)nc2ccc(Cl)cc12. The smallest absolute Gasteiger partial charge is 0.103 e. The van der Waals surface area contributed by atoms with Gasteiger partial charge in [0.25, 0.3) is 0 Å². The van der Waals surface area contributed by atoms with Gasteiger partial charge in [-0.25, -0.2) is 4.98 Å². The number of nitrogen functional groups attached to an aromatic ring is 1. The average Bonchev–Trinajstić information content (AvgIpc) is 2.22. The van der Waals surface area contributed by atoms with Gasteiger partial charge in [0.05, 0.1) is 16.9 Å². The number of aliphatic hydroxyl groups is 1. The lowest BCUT2D eigenvalue weighted by Gasteiger charge is -2.21. The summed E-state index contributed by atoms with van der Waals surface area (Å²) in [4.78, 5) is 4.41. The van der Waals surface area contributed by atoms with E-state index in [0.29, 0.717) is 16.4 Å². The van der Waals surface area contributed by atoms with Crippen LogP contribution in [0.5, 0.6) is 0 Å². The van der Waals surface area contributed by atoms with Gasteiger partial charge in [-0.3, -0.25) is 0 Å². The summed E-state index contributed by atoms with van der Waals surface area (Å²) >= 11 is 5.95. The molecule has 0 radical (unpaired) electrons. The van der Waals surface area contributed by atoms with Crippen molar-refractivity contribution < 1.29 is 5.11 Å². The van der Waals surface area contributed by atoms with Crippen LogP contribution in [-0.4, -0.2) is 10.1 Å². The third-order valence-corrected chi connectivity index (χ3v) is 3.07. The maximum atomic E-state index is 10.0. The van der Waals surface area contributed by atoms with Crippen molar-refractivity contribution in [3.8, 4) is 0 Å². The number of benzene rings is 1. The van der Waals surface area contributed by atoms with Crippen molar-refractivity contribution in [2.75, 3.05) is 5.73 Å². The van der Waals surface area contributed by atoms with Crippen LogP contribution < -0.4 is 5.73 Å². The molecule has 3 nitrogen and oxygen atoms in total. The van der Waals surface area contributed by atoms with Gasteiger partial charge in [0.2, 0.25) is 0 Å². The van der Waals surface area contributed by atoms with Crippen molar-refractivity contribution >= 4 is 28.2 Å². The first-order valence-corrected chi connectivity index (χ1v) is 5.76. The second kappa shape index (κ2) is 3.86. The van der Waals surface area contributed by atoms with Crippen LogP contribution in [0.15, 0.2) is 18.2 Å². The Morgan fingerprint density at radius 1 is 1.35 bits per heavy atom. The Balaban J connectivity index is 2.85. The first kappa shape index (κ1) is 12.1. The molecule has 17 heavy (non-hydrogen) atoms. The van der Waals surface area contributed by atoms with Crippen LogP contribution in [-0.2, 0) is 5.60 Å². The van der Waals surface area contributed by atoms with Crippen LogP contribution in [0, 0.1) is 6.92 Å². The van der Waals surface area contributed by atoms with Crippen molar-refractivity contribution in [2.45, 2.75) is 26.4 Å². The molecule has 1 heterocycles. The summed E-state index contributed by atoms with van der Waals surface area (Å²) < 4.78 is 0. The summed E-state index contributed by atoms with van der Waals surface area (Å²) in [6.45, 7) is 5.25. The van der Waals surface area contributed by atoms with Crippen LogP contribution in [0.3, 0.4) is 0 Å². The first-order chi connectivity index (χ1) is 7.80. The number of pyridine rings is 1. The molecule has 90 valence electrons. The number of aryl methyl sites for hydroxylation is 1. The van der Waals surface area contributed by atoms with Crippen LogP contribution >= 0.6 is 11.6 Å². The van der Waals surface area contributed by atoms with Crippen LogP contribution in [0.1, 0.15) is 25.1 Å². The third kappa shape index (κ3) is 2.08. The highest BCUT2D eigenvalue weighted by molar-refractivity contribution is 6.31.